The summed E-state index contributed by atoms with van der Waals surface area (Å²) in [5, 5.41) is 0. The first-order valence-electron chi connectivity index (χ1n) is 11.0. The van der Waals surface area contributed by atoms with Gasteiger partial charge in [-0.1, -0.05) is 51.1 Å². The van der Waals surface area contributed by atoms with E-state index < -0.39 is 0 Å². The fraction of sp³-hybridized carbons (Fsp3) is 0.385. The zero-order chi connectivity index (χ0) is 22.1. The second-order valence-corrected chi connectivity index (χ2v) is 8.74. The number of aryl methyl sites for hydroxylation is 1. The number of carbonyl (C=O) groups excluding carboxylic acids is 2. The smallest absolute Gasteiger partial charge is 0.282 e. The zero-order valence-corrected chi connectivity index (χ0v) is 18.7. The number of hydrogen-bond donors (Lipinski definition) is 0. The molecule has 1 saturated heterocycles. The molecule has 162 valence electrons. The largest absolute Gasteiger partial charge is 0.496 e. The topological polar surface area (TPSA) is 49.9 Å². The van der Waals surface area contributed by atoms with Crippen molar-refractivity contribution in [2.45, 2.75) is 33.6 Å². The maximum Gasteiger partial charge on any atom is 0.282 e. The number of hydrogen-bond acceptors (Lipinski definition) is 4. The van der Waals surface area contributed by atoms with Gasteiger partial charge in [0.1, 0.15) is 11.4 Å². The maximum atomic E-state index is 13.7. The number of piperidine rings is 1. The molecule has 2 heterocycles. The Balaban J connectivity index is 1.84. The van der Waals surface area contributed by atoms with Crippen LogP contribution in [0.5, 0.6) is 5.75 Å². The quantitative estimate of drug-likeness (QED) is 0.670. The number of nitrogens with zero attached hydrogens (tertiary/aromatic N) is 2. The van der Waals surface area contributed by atoms with Crippen molar-refractivity contribution in [1.82, 2.24) is 4.90 Å². The lowest BCUT2D eigenvalue weighted by molar-refractivity contribution is -0.120. The highest BCUT2D eigenvalue weighted by atomic mass is 16.5. The van der Waals surface area contributed by atoms with Crippen molar-refractivity contribution in [3.63, 3.8) is 0 Å². The van der Waals surface area contributed by atoms with Gasteiger partial charge < -0.3 is 9.64 Å². The Bertz CT molecular complexity index is 1020. The van der Waals surface area contributed by atoms with Gasteiger partial charge in [-0.3, -0.25) is 9.59 Å². The molecule has 2 aromatic carbocycles. The highest BCUT2D eigenvalue weighted by molar-refractivity contribution is 6.45. The van der Waals surface area contributed by atoms with Crippen LogP contribution in [0.1, 0.15) is 38.3 Å². The molecular weight excluding hydrogens is 388 g/mol. The molecule has 0 bridgehead atoms. The van der Waals surface area contributed by atoms with Crippen molar-refractivity contribution in [2.75, 3.05) is 25.1 Å². The Hall–Kier alpha value is -3.08. The average Bonchev–Trinajstić information content (AvgIpc) is 3.03. The summed E-state index contributed by atoms with van der Waals surface area (Å²) in [5.41, 5.74) is 3.36. The number of carbonyl (C=O) groups is 2. The van der Waals surface area contributed by atoms with E-state index in [0.717, 1.165) is 25.9 Å². The lowest BCUT2D eigenvalue weighted by Crippen LogP contribution is -2.42. The molecule has 1 fully saturated rings. The molecule has 5 heteroatoms. The number of rotatable bonds is 5. The molecule has 2 unspecified atom stereocenters. The Morgan fingerprint density at radius 1 is 0.935 bits per heavy atom. The van der Waals surface area contributed by atoms with Gasteiger partial charge in [0.2, 0.25) is 0 Å². The molecule has 0 spiro atoms. The van der Waals surface area contributed by atoms with Crippen LogP contribution >= 0.6 is 0 Å². The predicted molar refractivity (Wildman–Crippen MR) is 123 cm³/mol. The highest BCUT2D eigenvalue weighted by Crippen LogP contribution is 2.39. The van der Waals surface area contributed by atoms with Crippen LogP contribution in [0.25, 0.3) is 5.57 Å². The van der Waals surface area contributed by atoms with E-state index >= 15 is 0 Å². The minimum Gasteiger partial charge on any atom is -0.496 e. The first-order chi connectivity index (χ1) is 14.9. The summed E-state index contributed by atoms with van der Waals surface area (Å²) in [5.74, 6) is 0.959. The van der Waals surface area contributed by atoms with E-state index in [0.29, 0.717) is 40.1 Å². The third kappa shape index (κ3) is 3.85. The van der Waals surface area contributed by atoms with Crippen molar-refractivity contribution in [3.8, 4) is 5.75 Å². The van der Waals surface area contributed by atoms with E-state index in [2.05, 4.69) is 25.7 Å². The molecule has 0 N–H and O–H groups in total. The first kappa shape index (κ1) is 21.2. The number of likely N-dealkylation sites (tertiary alicyclic amines) is 1. The number of ether oxygens (including phenoxy) is 1. The number of methoxy groups -OCH3 is 1. The molecule has 31 heavy (non-hydrogen) atoms. The maximum absolute atomic E-state index is 13.7. The Labute approximate surface area is 184 Å². The predicted octanol–water partition coefficient (Wildman–Crippen LogP) is 4.52. The molecule has 4 rings (SSSR count). The van der Waals surface area contributed by atoms with Gasteiger partial charge in [0.25, 0.3) is 11.8 Å². The lowest BCUT2D eigenvalue weighted by atomic mass is 9.91. The van der Waals surface area contributed by atoms with E-state index in [-0.39, 0.29) is 11.8 Å². The fourth-order valence-electron chi connectivity index (χ4n) is 4.87. The van der Waals surface area contributed by atoms with Gasteiger partial charge in [-0.05, 0) is 48.4 Å². The van der Waals surface area contributed by atoms with Crippen molar-refractivity contribution in [1.29, 1.82) is 0 Å². The van der Waals surface area contributed by atoms with Crippen LogP contribution in [0, 0.1) is 11.8 Å². The summed E-state index contributed by atoms with van der Waals surface area (Å²) in [4.78, 5) is 30.9. The van der Waals surface area contributed by atoms with E-state index in [1.165, 1.54) is 10.5 Å². The van der Waals surface area contributed by atoms with Gasteiger partial charge in [0.15, 0.2) is 0 Å². The first-order valence-corrected chi connectivity index (χ1v) is 11.0. The standard InChI is InChI=1S/C26H30N2O3/c1-5-19-10-12-20(13-11-19)28-25(29)23(21-8-6-7-9-22(21)31-4)24(26(28)30)27-15-17(2)14-18(3)16-27/h6-13,17-18H,5,14-16H2,1-4H3. The molecule has 0 aromatic heterocycles. The van der Waals surface area contributed by atoms with E-state index in [1.54, 1.807) is 7.11 Å². The van der Waals surface area contributed by atoms with Gasteiger partial charge in [-0.15, -0.1) is 0 Å². The van der Waals surface area contributed by atoms with E-state index in [9.17, 15) is 9.59 Å². The van der Waals surface area contributed by atoms with Crippen LogP contribution in [0.2, 0.25) is 0 Å². The van der Waals surface area contributed by atoms with Crippen LogP contribution in [-0.2, 0) is 16.0 Å². The number of benzene rings is 2. The summed E-state index contributed by atoms with van der Waals surface area (Å²) in [7, 11) is 1.59. The average molecular weight is 419 g/mol. The van der Waals surface area contributed by atoms with Gasteiger partial charge >= 0.3 is 0 Å². The van der Waals surface area contributed by atoms with Crippen LogP contribution in [0.3, 0.4) is 0 Å². The van der Waals surface area contributed by atoms with Crippen molar-refractivity contribution in [2.24, 2.45) is 11.8 Å². The second-order valence-electron chi connectivity index (χ2n) is 8.74. The Kier molecular flexibility index (Phi) is 5.86. The Morgan fingerprint density at radius 2 is 1.58 bits per heavy atom. The zero-order valence-electron chi connectivity index (χ0n) is 18.7. The summed E-state index contributed by atoms with van der Waals surface area (Å²) < 4.78 is 5.56. The van der Waals surface area contributed by atoms with Crippen LogP contribution in [0.15, 0.2) is 54.2 Å². The number of imide groups is 1. The van der Waals surface area contributed by atoms with Gasteiger partial charge in [-0.25, -0.2) is 4.90 Å². The molecule has 0 aliphatic carbocycles. The minimum atomic E-state index is -0.292. The molecule has 0 radical (unpaired) electrons. The van der Waals surface area contributed by atoms with Gasteiger partial charge in [0.05, 0.1) is 18.4 Å². The highest BCUT2D eigenvalue weighted by Gasteiger charge is 2.44. The van der Waals surface area contributed by atoms with E-state index in [1.807, 2.05) is 48.5 Å². The Morgan fingerprint density at radius 3 is 2.19 bits per heavy atom. The summed E-state index contributed by atoms with van der Waals surface area (Å²) in [6.45, 7) is 8.02. The van der Waals surface area contributed by atoms with E-state index in [4.69, 9.17) is 4.74 Å². The third-order valence-electron chi connectivity index (χ3n) is 6.22. The summed E-state index contributed by atoms with van der Waals surface area (Å²) in [6, 6.07) is 15.1. The van der Waals surface area contributed by atoms with Crippen LogP contribution < -0.4 is 9.64 Å². The van der Waals surface area contributed by atoms with Crippen LogP contribution in [-0.4, -0.2) is 36.9 Å². The fourth-order valence-corrected chi connectivity index (χ4v) is 4.87. The van der Waals surface area contributed by atoms with Gasteiger partial charge in [0, 0.05) is 18.7 Å². The minimum absolute atomic E-state index is 0.253. The van der Waals surface area contributed by atoms with Crippen molar-refractivity contribution >= 4 is 23.1 Å². The van der Waals surface area contributed by atoms with Crippen molar-refractivity contribution in [3.05, 3.63) is 65.4 Å². The van der Waals surface area contributed by atoms with Crippen LogP contribution in [0.4, 0.5) is 5.69 Å². The second kappa shape index (κ2) is 8.58. The summed E-state index contributed by atoms with van der Waals surface area (Å²) >= 11 is 0. The number of para-hydroxylation sites is 1. The molecule has 2 atom stereocenters. The molecule has 0 saturated carbocycles. The van der Waals surface area contributed by atoms with Gasteiger partial charge in [-0.2, -0.15) is 0 Å². The van der Waals surface area contributed by atoms with Crippen molar-refractivity contribution < 1.29 is 14.3 Å². The number of anilines is 1. The normalized spacial score (nSPS) is 21.8. The molecule has 2 aliphatic rings. The molecule has 5 nitrogen and oxygen atoms in total. The molecule has 2 aromatic rings. The third-order valence-corrected chi connectivity index (χ3v) is 6.22. The monoisotopic (exact) mass is 418 g/mol. The molecular formula is C26H30N2O3. The number of amides is 2. The lowest BCUT2D eigenvalue weighted by Gasteiger charge is -2.37. The SMILES string of the molecule is CCc1ccc(N2C(=O)C(c3ccccc3OC)=C(N3CC(C)CC(C)C3)C2=O)cc1. The molecule has 2 aliphatic heterocycles. The summed E-state index contributed by atoms with van der Waals surface area (Å²) in [6.07, 6.45) is 2.03. The molecule has 2 amide bonds.